The number of benzene rings is 2. The van der Waals surface area contributed by atoms with Crippen LogP contribution in [0.5, 0.6) is 0 Å². The smallest absolute Gasteiger partial charge is 0.410 e. The standard InChI is InChI=1S/C25H31BrClNO3/c1-25(2,3)31-24(30)28-14-12-18(13-15-28)5-4-17-6-8-19(9-7-17)23(29)21-11-10-20(26)16-22(21)27/h6-11,16,18,23,29H,4-5,12-15H2,1-3H3. The van der Waals surface area contributed by atoms with Crippen LogP contribution in [0.4, 0.5) is 4.79 Å². The monoisotopic (exact) mass is 507 g/mol. The molecule has 1 heterocycles. The molecule has 3 rings (SSSR count). The molecule has 1 amide bonds. The third-order valence-corrected chi connectivity index (χ3v) is 6.48. The van der Waals surface area contributed by atoms with Crippen LogP contribution < -0.4 is 0 Å². The Morgan fingerprint density at radius 1 is 1.19 bits per heavy atom. The van der Waals surface area contributed by atoms with Gasteiger partial charge >= 0.3 is 6.09 Å². The molecule has 1 atom stereocenters. The zero-order valence-electron chi connectivity index (χ0n) is 18.4. The third-order valence-electron chi connectivity index (χ3n) is 5.66. The molecule has 0 radical (unpaired) electrons. The second-order valence-electron chi connectivity index (χ2n) is 9.26. The quantitative estimate of drug-likeness (QED) is 0.485. The maximum absolute atomic E-state index is 12.2. The van der Waals surface area contributed by atoms with Crippen LogP contribution >= 0.6 is 27.5 Å². The molecular formula is C25H31BrClNO3. The lowest BCUT2D eigenvalue weighted by Crippen LogP contribution is -2.41. The molecule has 0 aliphatic carbocycles. The lowest BCUT2D eigenvalue weighted by molar-refractivity contribution is 0.0181. The Morgan fingerprint density at radius 3 is 2.42 bits per heavy atom. The van der Waals surface area contributed by atoms with E-state index in [1.54, 1.807) is 6.07 Å². The first-order valence-electron chi connectivity index (χ1n) is 10.8. The largest absolute Gasteiger partial charge is 0.444 e. The van der Waals surface area contributed by atoms with E-state index in [2.05, 4.69) is 28.1 Å². The Morgan fingerprint density at radius 2 is 1.84 bits per heavy atom. The summed E-state index contributed by atoms with van der Waals surface area (Å²) in [6.07, 6.45) is 3.17. The van der Waals surface area contributed by atoms with Gasteiger partial charge in [-0.3, -0.25) is 0 Å². The number of nitrogens with zero attached hydrogens (tertiary/aromatic N) is 1. The number of rotatable bonds is 5. The zero-order chi connectivity index (χ0) is 22.6. The normalized spacial score (nSPS) is 16.3. The average molecular weight is 509 g/mol. The molecule has 168 valence electrons. The summed E-state index contributed by atoms with van der Waals surface area (Å²) in [6, 6.07) is 13.6. The molecule has 4 nitrogen and oxygen atoms in total. The fourth-order valence-electron chi connectivity index (χ4n) is 3.87. The first kappa shape index (κ1) is 24.1. The van der Waals surface area contributed by atoms with Gasteiger partial charge < -0.3 is 14.7 Å². The number of aliphatic hydroxyl groups excluding tert-OH is 1. The molecule has 1 aliphatic rings. The Labute approximate surface area is 198 Å². The molecule has 1 unspecified atom stereocenters. The van der Waals surface area contributed by atoms with Crippen molar-refractivity contribution in [3.05, 3.63) is 68.7 Å². The number of hydrogen-bond acceptors (Lipinski definition) is 3. The van der Waals surface area contributed by atoms with Crippen LogP contribution in [0.25, 0.3) is 0 Å². The summed E-state index contributed by atoms with van der Waals surface area (Å²) in [5.41, 5.74) is 2.34. The Hall–Kier alpha value is -1.56. The Bertz CT molecular complexity index is 887. The molecule has 31 heavy (non-hydrogen) atoms. The van der Waals surface area contributed by atoms with Crippen molar-refractivity contribution in [2.75, 3.05) is 13.1 Å². The van der Waals surface area contributed by atoms with Crippen LogP contribution in [0.2, 0.25) is 5.02 Å². The number of carbonyl (C=O) groups is 1. The van der Waals surface area contributed by atoms with E-state index in [1.165, 1.54) is 5.56 Å². The summed E-state index contributed by atoms with van der Waals surface area (Å²) in [5, 5.41) is 11.2. The van der Waals surface area contributed by atoms with Gasteiger partial charge in [0.15, 0.2) is 0 Å². The van der Waals surface area contributed by atoms with Gasteiger partial charge in [0.05, 0.1) is 0 Å². The second kappa shape index (κ2) is 10.4. The van der Waals surface area contributed by atoms with E-state index < -0.39 is 11.7 Å². The highest BCUT2D eigenvalue weighted by molar-refractivity contribution is 9.10. The van der Waals surface area contributed by atoms with Crippen molar-refractivity contribution < 1.29 is 14.6 Å². The maximum atomic E-state index is 12.2. The van der Waals surface area contributed by atoms with Gasteiger partial charge in [0.1, 0.15) is 11.7 Å². The van der Waals surface area contributed by atoms with E-state index in [1.807, 2.05) is 49.9 Å². The average Bonchev–Trinajstić information content (AvgIpc) is 2.71. The second-order valence-corrected chi connectivity index (χ2v) is 10.6. The lowest BCUT2D eigenvalue weighted by Gasteiger charge is -2.33. The fourth-order valence-corrected chi connectivity index (χ4v) is 4.65. The van der Waals surface area contributed by atoms with Crippen LogP contribution in [0.3, 0.4) is 0 Å². The van der Waals surface area contributed by atoms with Crippen molar-refractivity contribution in [2.24, 2.45) is 5.92 Å². The highest BCUT2D eigenvalue weighted by atomic mass is 79.9. The maximum Gasteiger partial charge on any atom is 0.410 e. The number of aliphatic hydroxyl groups is 1. The van der Waals surface area contributed by atoms with Crippen molar-refractivity contribution in [1.82, 2.24) is 4.90 Å². The van der Waals surface area contributed by atoms with Gasteiger partial charge in [0.25, 0.3) is 0 Å². The van der Waals surface area contributed by atoms with E-state index in [-0.39, 0.29) is 6.09 Å². The summed E-state index contributed by atoms with van der Waals surface area (Å²) in [5.74, 6) is 0.616. The Kier molecular flexibility index (Phi) is 8.06. The Balaban J connectivity index is 1.48. The van der Waals surface area contributed by atoms with E-state index in [4.69, 9.17) is 16.3 Å². The molecule has 0 spiro atoms. The van der Waals surface area contributed by atoms with E-state index in [0.717, 1.165) is 48.8 Å². The van der Waals surface area contributed by atoms with Gasteiger partial charge in [0.2, 0.25) is 0 Å². The minimum Gasteiger partial charge on any atom is -0.444 e. The number of ether oxygens (including phenoxy) is 1. The SMILES string of the molecule is CC(C)(C)OC(=O)N1CCC(CCc2ccc(C(O)c3ccc(Br)cc3Cl)cc2)CC1. The van der Waals surface area contributed by atoms with Gasteiger partial charge in [-0.15, -0.1) is 0 Å². The summed E-state index contributed by atoms with van der Waals surface area (Å²) >= 11 is 9.67. The highest BCUT2D eigenvalue weighted by Crippen LogP contribution is 2.31. The molecule has 1 aliphatic heterocycles. The van der Waals surface area contributed by atoms with Gasteiger partial charge in [-0.25, -0.2) is 4.79 Å². The minimum atomic E-state index is -0.744. The van der Waals surface area contributed by atoms with E-state index >= 15 is 0 Å². The summed E-state index contributed by atoms with van der Waals surface area (Å²) in [7, 11) is 0. The topological polar surface area (TPSA) is 49.8 Å². The lowest BCUT2D eigenvalue weighted by atomic mass is 9.90. The van der Waals surface area contributed by atoms with Crippen LogP contribution in [-0.2, 0) is 11.2 Å². The molecule has 0 aromatic heterocycles. The molecule has 6 heteroatoms. The first-order valence-corrected chi connectivity index (χ1v) is 12.0. The first-order chi connectivity index (χ1) is 14.6. The molecule has 0 bridgehead atoms. The van der Waals surface area contributed by atoms with E-state index in [0.29, 0.717) is 16.5 Å². The van der Waals surface area contributed by atoms with Crippen LogP contribution in [-0.4, -0.2) is 34.8 Å². The fraction of sp³-hybridized carbons (Fsp3) is 0.480. The minimum absolute atomic E-state index is 0.203. The van der Waals surface area contributed by atoms with Gasteiger partial charge in [0, 0.05) is 28.1 Å². The number of likely N-dealkylation sites (tertiary alicyclic amines) is 1. The van der Waals surface area contributed by atoms with Crippen molar-refractivity contribution in [2.45, 2.75) is 58.2 Å². The number of piperidine rings is 1. The van der Waals surface area contributed by atoms with Crippen molar-refractivity contribution >= 4 is 33.6 Å². The zero-order valence-corrected chi connectivity index (χ0v) is 20.7. The van der Waals surface area contributed by atoms with Crippen LogP contribution in [0, 0.1) is 5.92 Å². The molecule has 2 aromatic rings. The van der Waals surface area contributed by atoms with Crippen LogP contribution in [0.15, 0.2) is 46.9 Å². The summed E-state index contributed by atoms with van der Waals surface area (Å²) in [6.45, 7) is 7.22. The molecule has 2 aromatic carbocycles. The predicted octanol–water partition coefficient (Wildman–Crippen LogP) is 6.76. The molecular weight excluding hydrogens is 478 g/mol. The van der Waals surface area contributed by atoms with Gasteiger partial charge in [-0.1, -0.05) is 57.9 Å². The van der Waals surface area contributed by atoms with Crippen molar-refractivity contribution in [3.8, 4) is 0 Å². The predicted molar refractivity (Wildman–Crippen MR) is 129 cm³/mol. The van der Waals surface area contributed by atoms with Crippen molar-refractivity contribution in [1.29, 1.82) is 0 Å². The van der Waals surface area contributed by atoms with Gasteiger partial charge in [-0.05, 0) is 75.6 Å². The molecule has 1 saturated heterocycles. The van der Waals surface area contributed by atoms with E-state index in [9.17, 15) is 9.90 Å². The van der Waals surface area contributed by atoms with Gasteiger partial charge in [-0.2, -0.15) is 0 Å². The number of hydrogen-bond donors (Lipinski definition) is 1. The molecule has 0 saturated carbocycles. The highest BCUT2D eigenvalue weighted by Gasteiger charge is 2.26. The number of amides is 1. The number of carbonyl (C=O) groups excluding carboxylic acids is 1. The number of halogens is 2. The molecule has 1 fully saturated rings. The number of aryl methyl sites for hydroxylation is 1. The summed E-state index contributed by atoms with van der Waals surface area (Å²) < 4.78 is 6.36. The third kappa shape index (κ3) is 6.96. The summed E-state index contributed by atoms with van der Waals surface area (Å²) in [4.78, 5) is 14.0. The van der Waals surface area contributed by atoms with Crippen molar-refractivity contribution in [3.63, 3.8) is 0 Å². The molecule has 1 N–H and O–H groups in total. The van der Waals surface area contributed by atoms with Crippen LogP contribution in [0.1, 0.15) is 62.8 Å².